The van der Waals surface area contributed by atoms with Crippen LogP contribution >= 0.6 is 0 Å². The van der Waals surface area contributed by atoms with Gasteiger partial charge in [-0.25, -0.2) is 0 Å². The first-order chi connectivity index (χ1) is 14.1. The summed E-state index contributed by atoms with van der Waals surface area (Å²) in [5.41, 5.74) is 4.47. The van der Waals surface area contributed by atoms with E-state index in [0.717, 1.165) is 17.0 Å². The van der Waals surface area contributed by atoms with Crippen LogP contribution in [0, 0.1) is 0 Å². The first kappa shape index (κ1) is 22.7. The van der Waals surface area contributed by atoms with Gasteiger partial charge in [0.05, 0.1) is 41.9 Å². The Hall–Kier alpha value is -3.54. The van der Waals surface area contributed by atoms with E-state index >= 15 is 0 Å². The molecule has 0 radical (unpaired) electrons. The van der Waals surface area contributed by atoms with Gasteiger partial charge in [0.1, 0.15) is 0 Å². The number of carbonyl (C=O) groups excluding carboxylic acids is 3. The highest BCUT2D eigenvalue weighted by Crippen LogP contribution is 2.28. The average Bonchev–Trinajstić information content (AvgIpc) is 2.70. The van der Waals surface area contributed by atoms with Gasteiger partial charge in [-0.1, -0.05) is 0 Å². The Morgan fingerprint density at radius 2 is 1.93 bits per heavy atom. The minimum absolute atomic E-state index is 0.00890. The summed E-state index contributed by atoms with van der Waals surface area (Å²) in [6, 6.07) is 3.20. The van der Waals surface area contributed by atoms with E-state index in [1.807, 2.05) is 0 Å². The van der Waals surface area contributed by atoms with E-state index in [9.17, 15) is 27.6 Å². The fourth-order valence-corrected chi connectivity index (χ4v) is 2.31. The number of halogens is 3. The number of ether oxygens (including phenoxy) is 1. The van der Waals surface area contributed by atoms with Crippen molar-refractivity contribution in [2.24, 2.45) is 5.73 Å². The van der Waals surface area contributed by atoms with Crippen LogP contribution in [-0.2, 0) is 27.0 Å². The Labute approximate surface area is 169 Å². The number of pyridine rings is 2. The molecule has 0 bridgehead atoms. The van der Waals surface area contributed by atoms with Gasteiger partial charge in [-0.2, -0.15) is 13.2 Å². The molecule has 0 saturated heterocycles. The van der Waals surface area contributed by atoms with E-state index in [4.69, 9.17) is 10.5 Å². The Morgan fingerprint density at radius 1 is 1.20 bits per heavy atom. The number of alkyl halides is 3. The van der Waals surface area contributed by atoms with Gasteiger partial charge in [0.2, 0.25) is 5.91 Å². The van der Waals surface area contributed by atoms with Gasteiger partial charge in [-0.05, 0) is 18.2 Å². The summed E-state index contributed by atoms with van der Waals surface area (Å²) in [5, 5.41) is 2.30. The molecule has 0 saturated carbocycles. The smallest absolute Gasteiger partial charge is 0.383 e. The number of nitrogens with zero attached hydrogens (tertiary/aromatic N) is 3. The zero-order chi connectivity index (χ0) is 22.3. The quantitative estimate of drug-likeness (QED) is 0.642. The third-order valence-corrected chi connectivity index (χ3v) is 3.83. The fraction of sp³-hybridized carbons (Fsp3) is 0.278. The van der Waals surface area contributed by atoms with Crippen LogP contribution in [0.15, 0.2) is 36.8 Å². The minimum atomic E-state index is -4.54. The number of anilines is 1. The zero-order valence-electron chi connectivity index (χ0n) is 15.8. The van der Waals surface area contributed by atoms with E-state index in [-0.39, 0.29) is 36.6 Å². The van der Waals surface area contributed by atoms with Crippen molar-refractivity contribution < 1.29 is 32.3 Å². The molecule has 2 rings (SSSR count). The second-order valence-corrected chi connectivity index (χ2v) is 6.04. The molecule has 0 aliphatic carbocycles. The largest absolute Gasteiger partial charge is 0.417 e. The number of aromatic nitrogens is 2. The summed E-state index contributed by atoms with van der Waals surface area (Å²) in [6.07, 6.45) is -1.48. The summed E-state index contributed by atoms with van der Waals surface area (Å²) in [6.45, 7) is -0.142. The monoisotopic (exact) mass is 425 g/mol. The van der Waals surface area contributed by atoms with Gasteiger partial charge < -0.3 is 20.7 Å². The molecule has 0 spiro atoms. The number of hydrogen-bond donors (Lipinski definition) is 2. The van der Waals surface area contributed by atoms with Crippen molar-refractivity contribution in [1.82, 2.24) is 14.9 Å². The Morgan fingerprint density at radius 3 is 2.50 bits per heavy atom. The van der Waals surface area contributed by atoms with Gasteiger partial charge in [0, 0.05) is 26.0 Å². The Bertz CT molecular complexity index is 919. The van der Waals surface area contributed by atoms with Gasteiger partial charge >= 0.3 is 18.0 Å². The molecule has 2 aromatic heterocycles. The minimum Gasteiger partial charge on any atom is -0.383 e. The number of methoxy groups -OCH3 is 1. The van der Waals surface area contributed by atoms with Crippen LogP contribution in [0.5, 0.6) is 0 Å². The van der Waals surface area contributed by atoms with Crippen LogP contribution in [0.3, 0.4) is 0 Å². The molecule has 2 heterocycles. The summed E-state index contributed by atoms with van der Waals surface area (Å²) < 4.78 is 42.9. The maximum absolute atomic E-state index is 12.7. The second kappa shape index (κ2) is 9.78. The lowest BCUT2D eigenvalue weighted by molar-refractivity contribution is -0.144. The molecular weight excluding hydrogens is 407 g/mol. The number of nitrogens with one attached hydrogen (secondary N) is 1. The number of carbonyl (C=O) groups is 3. The zero-order valence-corrected chi connectivity index (χ0v) is 15.8. The maximum Gasteiger partial charge on any atom is 0.417 e. The molecule has 0 aliphatic heterocycles. The van der Waals surface area contributed by atoms with Gasteiger partial charge in [0.25, 0.3) is 0 Å². The highest BCUT2D eigenvalue weighted by molar-refractivity contribution is 6.39. The summed E-state index contributed by atoms with van der Waals surface area (Å²) in [7, 11) is 1.39. The lowest BCUT2D eigenvalue weighted by atomic mass is 10.2. The lowest BCUT2D eigenvalue weighted by Crippen LogP contribution is -2.41. The van der Waals surface area contributed by atoms with Crippen LogP contribution in [0.25, 0.3) is 0 Å². The normalized spacial score (nSPS) is 11.1. The number of nitrogens with two attached hydrogens (primary N) is 1. The summed E-state index contributed by atoms with van der Waals surface area (Å²) in [4.78, 5) is 44.6. The molecule has 0 unspecified atom stereocenters. The molecular formula is C18H18F3N5O4. The van der Waals surface area contributed by atoms with Crippen LogP contribution in [0.1, 0.15) is 21.6 Å². The standard InChI is InChI=1S/C18H18F3N5O4/c1-30-5-4-26(10-13-3-2-12(8-24-13)18(19,20)21)17(29)16(28)25-14-6-11(15(22)27)7-23-9-14/h2-3,6-9H,4-5,10H2,1H3,(H2,22,27)(H,25,28). The van der Waals surface area contributed by atoms with Crippen molar-refractivity contribution >= 4 is 23.4 Å². The second-order valence-electron chi connectivity index (χ2n) is 6.04. The molecule has 0 aromatic carbocycles. The van der Waals surface area contributed by atoms with Crippen molar-refractivity contribution in [3.63, 3.8) is 0 Å². The molecule has 0 atom stereocenters. The molecule has 30 heavy (non-hydrogen) atoms. The summed E-state index contributed by atoms with van der Waals surface area (Å²) in [5.74, 6) is -2.78. The molecule has 9 nitrogen and oxygen atoms in total. The SMILES string of the molecule is COCCN(Cc1ccc(C(F)(F)F)cn1)C(=O)C(=O)Nc1cncc(C(N)=O)c1. The first-order valence-electron chi connectivity index (χ1n) is 8.48. The van der Waals surface area contributed by atoms with Crippen molar-refractivity contribution in [1.29, 1.82) is 0 Å². The van der Waals surface area contributed by atoms with Crippen molar-refractivity contribution in [3.05, 3.63) is 53.6 Å². The van der Waals surface area contributed by atoms with E-state index in [1.54, 1.807) is 0 Å². The van der Waals surface area contributed by atoms with Crippen LogP contribution in [0.2, 0.25) is 0 Å². The molecule has 160 valence electrons. The lowest BCUT2D eigenvalue weighted by Gasteiger charge is -2.21. The van der Waals surface area contributed by atoms with Crippen molar-refractivity contribution in [2.45, 2.75) is 12.7 Å². The van der Waals surface area contributed by atoms with Crippen molar-refractivity contribution in [3.8, 4) is 0 Å². The van der Waals surface area contributed by atoms with E-state index in [1.165, 1.54) is 25.6 Å². The Kier molecular flexibility index (Phi) is 7.42. The van der Waals surface area contributed by atoms with Crippen LogP contribution < -0.4 is 11.1 Å². The molecule has 0 fully saturated rings. The number of primary amides is 1. The molecule has 3 N–H and O–H groups in total. The van der Waals surface area contributed by atoms with Crippen LogP contribution in [0.4, 0.5) is 18.9 Å². The number of amides is 3. The molecule has 2 aromatic rings. The van der Waals surface area contributed by atoms with Gasteiger partial charge in [0.15, 0.2) is 0 Å². The third kappa shape index (κ3) is 6.24. The van der Waals surface area contributed by atoms with E-state index < -0.39 is 29.5 Å². The topological polar surface area (TPSA) is 128 Å². The van der Waals surface area contributed by atoms with Crippen LogP contribution in [-0.4, -0.2) is 52.9 Å². The molecule has 3 amide bonds. The number of rotatable bonds is 7. The van der Waals surface area contributed by atoms with Crippen molar-refractivity contribution in [2.75, 3.05) is 25.6 Å². The van der Waals surface area contributed by atoms with E-state index in [2.05, 4.69) is 15.3 Å². The highest BCUT2D eigenvalue weighted by atomic mass is 19.4. The van der Waals surface area contributed by atoms with Gasteiger partial charge in [-0.3, -0.25) is 24.4 Å². The maximum atomic E-state index is 12.7. The Balaban J connectivity index is 2.13. The highest BCUT2D eigenvalue weighted by Gasteiger charge is 2.31. The van der Waals surface area contributed by atoms with E-state index in [0.29, 0.717) is 6.20 Å². The number of hydrogen-bond acceptors (Lipinski definition) is 6. The summed E-state index contributed by atoms with van der Waals surface area (Å²) >= 11 is 0. The predicted molar refractivity (Wildman–Crippen MR) is 97.9 cm³/mol. The average molecular weight is 425 g/mol. The first-order valence-corrected chi connectivity index (χ1v) is 8.48. The van der Waals surface area contributed by atoms with Gasteiger partial charge in [-0.15, -0.1) is 0 Å². The molecule has 12 heteroatoms. The predicted octanol–water partition coefficient (Wildman–Crippen LogP) is 1.21. The molecule has 0 aliphatic rings. The third-order valence-electron chi connectivity index (χ3n) is 3.83. The fourth-order valence-electron chi connectivity index (χ4n) is 2.31.